The van der Waals surface area contributed by atoms with E-state index in [1.165, 1.54) is 0 Å². The SMILES string of the molecule is O=[N+]([O-])[O-].O=[N+]([O-])[O-].O=[N+]([O-])[O-].O=[N+]([O-])[O-].[Ag+].[Ag+].[Ag+].[Na+]. The molecule has 20 heteroatoms. The molecule has 0 amide bonds. The predicted molar refractivity (Wildman–Crippen MR) is 41.4 cm³/mol. The van der Waals surface area contributed by atoms with E-state index >= 15 is 0 Å². The Balaban J connectivity index is -0.0000000150. The molecule has 0 aliphatic carbocycles. The third kappa shape index (κ3) is 12100000. The van der Waals surface area contributed by atoms with Crippen molar-refractivity contribution in [3.8, 4) is 0 Å². The van der Waals surface area contributed by atoms with Crippen molar-refractivity contribution in [3.05, 3.63) is 61.3 Å². The van der Waals surface area contributed by atoms with Crippen LogP contribution in [0, 0.1) is 61.3 Å². The zero-order valence-corrected chi connectivity index (χ0v) is 15.0. The zero-order valence-electron chi connectivity index (χ0n) is 8.59. The molecule has 0 unspecified atom stereocenters. The molecule has 0 N–H and O–H groups in total. The summed E-state index contributed by atoms with van der Waals surface area (Å²) in [5.74, 6) is 0. The summed E-state index contributed by atoms with van der Waals surface area (Å²) in [6.07, 6.45) is 0. The van der Waals surface area contributed by atoms with Crippen molar-refractivity contribution < 1.29 is 117 Å². The normalized spacial score (nSPS) is 4.80. The Bertz CT molecular complexity index is 171. The van der Waals surface area contributed by atoms with Crippen LogP contribution in [0.3, 0.4) is 0 Å². The first kappa shape index (κ1) is 50.1. The van der Waals surface area contributed by atoms with Gasteiger partial charge in [-0.15, -0.1) is 0 Å². The summed E-state index contributed by atoms with van der Waals surface area (Å²) in [7, 11) is 0. The number of hydrogen-bond donors (Lipinski definition) is 0. The van der Waals surface area contributed by atoms with E-state index in [1.807, 2.05) is 0 Å². The Labute approximate surface area is 176 Å². The molecule has 126 valence electrons. The van der Waals surface area contributed by atoms with Gasteiger partial charge in [0.25, 0.3) is 0 Å². The zero-order chi connectivity index (χ0) is 14.3. The van der Waals surface area contributed by atoms with Gasteiger partial charge < -0.3 is 61.3 Å². The van der Waals surface area contributed by atoms with Crippen LogP contribution in [0.2, 0.25) is 0 Å². The molecule has 20 heavy (non-hydrogen) atoms. The van der Waals surface area contributed by atoms with Crippen LogP contribution in [0.15, 0.2) is 0 Å². The summed E-state index contributed by atoms with van der Waals surface area (Å²) < 4.78 is 0. The van der Waals surface area contributed by atoms with E-state index in [0.717, 1.165) is 0 Å². The Morgan fingerprint density at radius 3 is 0.400 bits per heavy atom. The van der Waals surface area contributed by atoms with E-state index in [0.29, 0.717) is 0 Å². The van der Waals surface area contributed by atoms with Gasteiger partial charge in [0, 0.05) is 0 Å². The minimum absolute atomic E-state index is 0. The predicted octanol–water partition coefficient (Wildman–Crippen LogP) is -3.96. The maximum atomic E-state index is 8.25. The van der Waals surface area contributed by atoms with Crippen molar-refractivity contribution in [2.24, 2.45) is 0 Å². The first-order valence-electron chi connectivity index (χ1n) is 2.19. The van der Waals surface area contributed by atoms with Gasteiger partial charge in [0.05, 0.1) is 20.3 Å². The average Bonchev–Trinajstić information content (AvgIpc) is 1.76. The molecular formula is Ag3N4NaO12. The maximum Gasteiger partial charge on any atom is 1.00 e. The summed E-state index contributed by atoms with van der Waals surface area (Å²) in [6.45, 7) is 0. The van der Waals surface area contributed by atoms with Gasteiger partial charge in [-0.2, -0.15) is 0 Å². The Hall–Kier alpha value is 0.0208. The second-order valence-electron chi connectivity index (χ2n) is 0.894. The quantitative estimate of drug-likeness (QED) is 0.148. The fourth-order valence-electron chi connectivity index (χ4n) is 0. The van der Waals surface area contributed by atoms with Crippen LogP contribution in [-0.2, 0) is 67.1 Å². The smallest absolute Gasteiger partial charge is 0.356 e. The number of rotatable bonds is 0. The fourth-order valence-corrected chi connectivity index (χ4v) is 0. The van der Waals surface area contributed by atoms with Crippen LogP contribution in [0.25, 0.3) is 0 Å². The molecule has 0 aliphatic heterocycles. The minimum Gasteiger partial charge on any atom is -0.356 e. The Morgan fingerprint density at radius 1 is 0.400 bits per heavy atom. The van der Waals surface area contributed by atoms with Gasteiger partial charge >= 0.3 is 96.7 Å². The standard InChI is InChI=1S/3Ag.4NO3.Na/c;;;4*2-1(3)4;/q3*+1;4*-1;+1. The first-order valence-corrected chi connectivity index (χ1v) is 2.19. The van der Waals surface area contributed by atoms with E-state index in [9.17, 15) is 0 Å². The van der Waals surface area contributed by atoms with Crippen molar-refractivity contribution in [2.45, 2.75) is 0 Å². The van der Waals surface area contributed by atoms with Gasteiger partial charge in [0.1, 0.15) is 0 Å². The van der Waals surface area contributed by atoms with Gasteiger partial charge in [0.2, 0.25) is 0 Å². The third-order valence-corrected chi connectivity index (χ3v) is 0. The van der Waals surface area contributed by atoms with Crippen molar-refractivity contribution in [2.75, 3.05) is 0 Å². The fraction of sp³-hybridized carbons (Fsp3) is 0. The second kappa shape index (κ2) is 42.7. The van der Waals surface area contributed by atoms with E-state index in [2.05, 4.69) is 0 Å². The van der Waals surface area contributed by atoms with Crippen LogP contribution in [0.1, 0.15) is 0 Å². The summed E-state index contributed by atoms with van der Waals surface area (Å²) >= 11 is 0. The molecule has 0 aromatic rings. The summed E-state index contributed by atoms with van der Waals surface area (Å²) in [5, 5.41) is 59.0. The molecule has 0 spiro atoms. The maximum absolute atomic E-state index is 8.25. The van der Waals surface area contributed by atoms with Crippen LogP contribution < -0.4 is 29.6 Å². The Kier molecular flexibility index (Phi) is 107. The van der Waals surface area contributed by atoms with E-state index in [1.54, 1.807) is 0 Å². The monoisotopic (exact) mass is 592 g/mol. The van der Waals surface area contributed by atoms with Crippen LogP contribution in [-0.4, -0.2) is 20.3 Å². The van der Waals surface area contributed by atoms with Gasteiger partial charge in [-0.05, 0) is 0 Å². The average molecular weight is 595 g/mol. The Morgan fingerprint density at radius 2 is 0.400 bits per heavy atom. The van der Waals surface area contributed by atoms with Gasteiger partial charge in [0.15, 0.2) is 0 Å². The molecule has 0 aromatic heterocycles. The molecule has 0 rings (SSSR count). The van der Waals surface area contributed by atoms with Crippen molar-refractivity contribution in [1.82, 2.24) is 0 Å². The van der Waals surface area contributed by atoms with Gasteiger partial charge in [-0.1, -0.05) is 0 Å². The van der Waals surface area contributed by atoms with Gasteiger partial charge in [-0.3, -0.25) is 0 Å². The second-order valence-corrected chi connectivity index (χ2v) is 0.894. The number of nitrogens with zero attached hydrogens (tertiary/aromatic N) is 4. The minimum atomic E-state index is -1.75. The van der Waals surface area contributed by atoms with E-state index < -0.39 is 20.3 Å². The third-order valence-electron chi connectivity index (χ3n) is 0. The summed E-state index contributed by atoms with van der Waals surface area (Å²) in [6, 6.07) is 0. The molecule has 0 saturated carbocycles. The van der Waals surface area contributed by atoms with Gasteiger partial charge in [-0.25, -0.2) is 0 Å². The summed E-state index contributed by atoms with van der Waals surface area (Å²) in [4.78, 5) is 33.0. The van der Waals surface area contributed by atoms with Crippen molar-refractivity contribution in [1.29, 1.82) is 0 Å². The molecule has 0 aromatic carbocycles. The molecule has 0 fully saturated rings. The molecule has 0 heterocycles. The first-order chi connectivity index (χ1) is 6.93. The molecular weight excluding hydrogens is 595 g/mol. The van der Waals surface area contributed by atoms with Crippen LogP contribution in [0.5, 0.6) is 0 Å². The van der Waals surface area contributed by atoms with Crippen LogP contribution in [0.4, 0.5) is 0 Å². The summed E-state index contributed by atoms with van der Waals surface area (Å²) in [5.41, 5.74) is 0. The van der Waals surface area contributed by atoms with E-state index in [-0.39, 0.29) is 96.7 Å². The molecule has 0 saturated heterocycles. The topological polar surface area (TPSA) is 265 Å². The van der Waals surface area contributed by atoms with Crippen molar-refractivity contribution >= 4 is 0 Å². The van der Waals surface area contributed by atoms with Crippen molar-refractivity contribution in [3.63, 3.8) is 0 Å². The molecule has 0 atom stereocenters. The molecule has 0 bridgehead atoms. The molecule has 0 radical (unpaired) electrons. The largest absolute Gasteiger partial charge is 1.00 e. The van der Waals surface area contributed by atoms with E-state index in [4.69, 9.17) is 61.3 Å². The molecule has 0 aliphatic rings. The molecule has 16 nitrogen and oxygen atoms in total. The van der Waals surface area contributed by atoms with Crippen LogP contribution >= 0.6 is 0 Å². The number of hydrogen-bond acceptors (Lipinski definition) is 12.